The summed E-state index contributed by atoms with van der Waals surface area (Å²) in [6, 6.07) is 10.9. The lowest BCUT2D eigenvalue weighted by molar-refractivity contribution is -0.137. The number of halogens is 1. The molecule has 0 saturated heterocycles. The van der Waals surface area contributed by atoms with Crippen LogP contribution in [0.15, 0.2) is 47.3 Å². The number of aryl methyl sites for hydroxylation is 2. The lowest BCUT2D eigenvalue weighted by atomic mass is 10.1. The van der Waals surface area contributed by atoms with Gasteiger partial charge in [0.05, 0.1) is 17.5 Å². The molecule has 0 unspecified atom stereocenters. The van der Waals surface area contributed by atoms with Crippen molar-refractivity contribution >= 4 is 22.6 Å². The fourth-order valence-corrected chi connectivity index (χ4v) is 2.82. The molecule has 2 aromatic carbocycles. The van der Waals surface area contributed by atoms with Gasteiger partial charge in [-0.25, -0.2) is 9.24 Å². The molecule has 0 atom stereocenters. The molecule has 0 spiro atoms. The highest BCUT2D eigenvalue weighted by Crippen LogP contribution is 2.20. The molecule has 6 nitrogen and oxygen atoms in total. The standard InChI is InChI=1S/C19H14FN3O3/c1-21-15-10-12(6-8-14(15)20)7-9-17-22-19(26)13-4-2-3-5-16(13)23(17)11-18(24)25/h2-6,8,10H,7,9,11H2,(H,24,25). The monoisotopic (exact) mass is 351 g/mol. The number of hydrogen-bond donors (Lipinski definition) is 1. The number of hydrogen-bond acceptors (Lipinski definition) is 3. The van der Waals surface area contributed by atoms with E-state index in [1.54, 1.807) is 30.3 Å². The number of rotatable bonds is 5. The molecule has 0 bridgehead atoms. The molecule has 1 heterocycles. The van der Waals surface area contributed by atoms with Crippen molar-refractivity contribution in [3.63, 3.8) is 0 Å². The second kappa shape index (κ2) is 7.15. The SMILES string of the molecule is [C-]#[N+]c1cc(CCc2nc(=O)c3ccccc3n2CC(=O)O)ccc1F. The highest BCUT2D eigenvalue weighted by atomic mass is 19.1. The van der Waals surface area contributed by atoms with E-state index in [1.807, 2.05) is 0 Å². The Bertz CT molecular complexity index is 1100. The highest BCUT2D eigenvalue weighted by molar-refractivity contribution is 5.79. The molecule has 26 heavy (non-hydrogen) atoms. The predicted molar refractivity (Wildman–Crippen MR) is 93.7 cm³/mol. The maximum Gasteiger partial charge on any atom is 0.323 e. The molecule has 0 aliphatic carbocycles. The number of aromatic nitrogens is 2. The normalized spacial score (nSPS) is 10.6. The molecule has 0 aliphatic heterocycles. The van der Waals surface area contributed by atoms with Crippen molar-refractivity contribution in [1.82, 2.24) is 9.55 Å². The van der Waals surface area contributed by atoms with Gasteiger partial charge in [0.1, 0.15) is 18.2 Å². The number of carbonyl (C=O) groups is 1. The van der Waals surface area contributed by atoms with Gasteiger partial charge >= 0.3 is 5.97 Å². The van der Waals surface area contributed by atoms with Crippen LogP contribution in [-0.2, 0) is 24.2 Å². The summed E-state index contributed by atoms with van der Waals surface area (Å²) in [6.07, 6.45) is 0.684. The van der Waals surface area contributed by atoms with Gasteiger partial charge in [0.25, 0.3) is 5.56 Å². The molecule has 0 amide bonds. The summed E-state index contributed by atoms with van der Waals surface area (Å²) in [4.78, 5) is 30.6. The molecule has 1 N–H and O–H groups in total. The van der Waals surface area contributed by atoms with Gasteiger partial charge in [0.2, 0.25) is 5.69 Å². The minimum Gasteiger partial charge on any atom is -0.480 e. The van der Waals surface area contributed by atoms with E-state index in [-0.39, 0.29) is 18.7 Å². The number of fused-ring (bicyclic) bond motifs is 1. The van der Waals surface area contributed by atoms with Gasteiger partial charge < -0.3 is 9.67 Å². The van der Waals surface area contributed by atoms with Crippen LogP contribution in [0.25, 0.3) is 15.7 Å². The summed E-state index contributed by atoms with van der Waals surface area (Å²) >= 11 is 0. The molecular formula is C19H14FN3O3. The van der Waals surface area contributed by atoms with Crippen molar-refractivity contribution in [2.45, 2.75) is 19.4 Å². The highest BCUT2D eigenvalue weighted by Gasteiger charge is 2.13. The van der Waals surface area contributed by atoms with Crippen molar-refractivity contribution in [2.75, 3.05) is 0 Å². The zero-order valence-corrected chi connectivity index (χ0v) is 13.6. The first-order valence-electron chi connectivity index (χ1n) is 7.85. The Morgan fingerprint density at radius 2 is 2.00 bits per heavy atom. The van der Waals surface area contributed by atoms with E-state index in [9.17, 15) is 19.1 Å². The first-order chi connectivity index (χ1) is 12.5. The Balaban J connectivity index is 2.00. The minimum absolute atomic E-state index is 0.0723. The van der Waals surface area contributed by atoms with Crippen molar-refractivity contribution in [1.29, 1.82) is 0 Å². The number of aliphatic carboxylic acids is 1. The quantitative estimate of drug-likeness (QED) is 0.717. The second-order valence-corrected chi connectivity index (χ2v) is 5.73. The van der Waals surface area contributed by atoms with Crippen LogP contribution in [0, 0.1) is 12.4 Å². The predicted octanol–water partition coefficient (Wildman–Crippen LogP) is 2.96. The molecule has 0 radical (unpaired) electrons. The summed E-state index contributed by atoms with van der Waals surface area (Å²) in [5.41, 5.74) is 0.725. The fraction of sp³-hybridized carbons (Fsp3) is 0.158. The Hall–Kier alpha value is -3.53. The van der Waals surface area contributed by atoms with Gasteiger partial charge in [-0.1, -0.05) is 29.8 Å². The number of carboxylic acid groups (broad SMARTS) is 1. The van der Waals surface area contributed by atoms with Gasteiger partial charge in [0, 0.05) is 6.42 Å². The Morgan fingerprint density at radius 1 is 1.23 bits per heavy atom. The largest absolute Gasteiger partial charge is 0.480 e. The van der Waals surface area contributed by atoms with Gasteiger partial charge in [-0.2, -0.15) is 4.98 Å². The third-order valence-corrected chi connectivity index (χ3v) is 4.03. The first kappa shape index (κ1) is 17.3. The lowest BCUT2D eigenvalue weighted by Crippen LogP contribution is -2.22. The van der Waals surface area contributed by atoms with Crippen LogP contribution in [0.3, 0.4) is 0 Å². The Labute approximate surface area is 148 Å². The lowest BCUT2D eigenvalue weighted by Gasteiger charge is -2.14. The average Bonchev–Trinajstić information content (AvgIpc) is 2.63. The topological polar surface area (TPSA) is 76.5 Å². The summed E-state index contributed by atoms with van der Waals surface area (Å²) in [7, 11) is 0. The van der Waals surface area contributed by atoms with E-state index in [2.05, 4.69) is 9.83 Å². The Morgan fingerprint density at radius 3 is 2.73 bits per heavy atom. The zero-order valence-electron chi connectivity index (χ0n) is 13.6. The molecular weight excluding hydrogens is 337 g/mol. The van der Waals surface area contributed by atoms with E-state index in [0.717, 1.165) is 0 Å². The Kier molecular flexibility index (Phi) is 4.76. The van der Waals surface area contributed by atoms with Crippen LogP contribution < -0.4 is 5.56 Å². The van der Waals surface area contributed by atoms with Crippen LogP contribution in [0.5, 0.6) is 0 Å². The molecule has 3 rings (SSSR count). The van der Waals surface area contributed by atoms with Crippen LogP contribution >= 0.6 is 0 Å². The van der Waals surface area contributed by atoms with E-state index in [0.29, 0.717) is 28.7 Å². The van der Waals surface area contributed by atoms with Crippen molar-refractivity contribution in [3.05, 3.63) is 81.4 Å². The number of nitrogens with zero attached hydrogens (tertiary/aromatic N) is 3. The second-order valence-electron chi connectivity index (χ2n) is 5.73. The maximum atomic E-state index is 13.4. The summed E-state index contributed by atoms with van der Waals surface area (Å²) in [6.45, 7) is 6.65. The van der Waals surface area contributed by atoms with Crippen LogP contribution in [-0.4, -0.2) is 20.6 Å². The minimum atomic E-state index is -1.04. The van der Waals surface area contributed by atoms with Crippen LogP contribution in [0.2, 0.25) is 0 Å². The molecule has 3 aromatic rings. The van der Waals surface area contributed by atoms with Gasteiger partial charge in [-0.15, -0.1) is 0 Å². The van der Waals surface area contributed by atoms with E-state index in [4.69, 9.17) is 6.57 Å². The van der Waals surface area contributed by atoms with E-state index in [1.165, 1.54) is 16.7 Å². The van der Waals surface area contributed by atoms with Crippen molar-refractivity contribution in [2.24, 2.45) is 0 Å². The number of carboxylic acids is 1. The molecule has 0 aliphatic rings. The van der Waals surface area contributed by atoms with Gasteiger partial charge in [0.15, 0.2) is 0 Å². The summed E-state index contributed by atoms with van der Waals surface area (Å²) in [5.74, 6) is -1.29. The number of benzene rings is 2. The third-order valence-electron chi connectivity index (χ3n) is 4.03. The fourth-order valence-electron chi connectivity index (χ4n) is 2.82. The molecule has 0 saturated carbocycles. The van der Waals surface area contributed by atoms with E-state index >= 15 is 0 Å². The number of para-hydroxylation sites is 1. The van der Waals surface area contributed by atoms with Crippen molar-refractivity contribution in [3.8, 4) is 0 Å². The smallest absolute Gasteiger partial charge is 0.323 e. The van der Waals surface area contributed by atoms with Gasteiger partial charge in [-0.3, -0.25) is 9.59 Å². The van der Waals surface area contributed by atoms with Gasteiger partial charge in [-0.05, 0) is 24.6 Å². The van der Waals surface area contributed by atoms with E-state index < -0.39 is 17.3 Å². The van der Waals surface area contributed by atoms with Crippen LogP contribution in [0.4, 0.5) is 10.1 Å². The molecule has 1 aromatic heterocycles. The van der Waals surface area contributed by atoms with Crippen LogP contribution in [0.1, 0.15) is 11.4 Å². The zero-order chi connectivity index (χ0) is 18.7. The average molecular weight is 351 g/mol. The third kappa shape index (κ3) is 3.44. The van der Waals surface area contributed by atoms with Crippen molar-refractivity contribution < 1.29 is 14.3 Å². The molecule has 0 fully saturated rings. The summed E-state index contributed by atoms with van der Waals surface area (Å²) < 4.78 is 14.9. The summed E-state index contributed by atoms with van der Waals surface area (Å²) in [5, 5.41) is 9.56. The first-order valence-corrected chi connectivity index (χ1v) is 7.85. The molecule has 7 heteroatoms. The molecule has 130 valence electrons. The maximum absolute atomic E-state index is 13.4.